The predicted octanol–water partition coefficient (Wildman–Crippen LogP) is 3.89. The van der Waals surface area contributed by atoms with Crippen LogP contribution < -0.4 is 5.63 Å². The van der Waals surface area contributed by atoms with E-state index in [-0.39, 0.29) is 12.2 Å². The summed E-state index contributed by atoms with van der Waals surface area (Å²) >= 11 is 0. The van der Waals surface area contributed by atoms with Crippen molar-refractivity contribution < 1.29 is 18.2 Å². The Morgan fingerprint density at radius 2 is 1.89 bits per heavy atom. The fourth-order valence-electron chi connectivity index (χ4n) is 2.85. The SMILES string of the molecule is CC[S@](=O)c1ccccc1C(=O)OCc1cc(=O)oc2c(C)c(C)ccc12. The molecule has 3 rings (SSSR count). The number of ether oxygens (including phenoxy) is 1. The topological polar surface area (TPSA) is 73.6 Å². The summed E-state index contributed by atoms with van der Waals surface area (Å²) in [4.78, 5) is 24.9. The summed E-state index contributed by atoms with van der Waals surface area (Å²) < 4.78 is 22.9. The maximum atomic E-state index is 12.5. The summed E-state index contributed by atoms with van der Waals surface area (Å²) in [7, 11) is -1.27. The van der Waals surface area contributed by atoms with Crippen molar-refractivity contribution in [1.82, 2.24) is 0 Å². The monoisotopic (exact) mass is 384 g/mol. The number of hydrogen-bond acceptors (Lipinski definition) is 5. The Bertz CT molecular complexity index is 1100. The molecule has 1 heterocycles. The average Bonchev–Trinajstić information content (AvgIpc) is 2.68. The summed E-state index contributed by atoms with van der Waals surface area (Å²) in [6, 6.07) is 11.8. The van der Waals surface area contributed by atoms with E-state index < -0.39 is 22.4 Å². The van der Waals surface area contributed by atoms with E-state index in [9.17, 15) is 13.8 Å². The fourth-order valence-corrected chi connectivity index (χ4v) is 3.79. The molecule has 0 radical (unpaired) electrons. The lowest BCUT2D eigenvalue weighted by Crippen LogP contribution is -2.11. The Balaban J connectivity index is 1.92. The zero-order valence-electron chi connectivity index (χ0n) is 15.4. The van der Waals surface area contributed by atoms with Crippen molar-refractivity contribution in [1.29, 1.82) is 0 Å². The highest BCUT2D eigenvalue weighted by Crippen LogP contribution is 2.24. The first kappa shape index (κ1) is 19.0. The van der Waals surface area contributed by atoms with Gasteiger partial charge in [-0.3, -0.25) is 4.21 Å². The molecule has 3 aromatic rings. The molecule has 0 fully saturated rings. The van der Waals surface area contributed by atoms with Crippen molar-refractivity contribution in [3.05, 3.63) is 75.1 Å². The van der Waals surface area contributed by atoms with Crippen LogP contribution in [0, 0.1) is 13.8 Å². The molecule has 6 heteroatoms. The number of fused-ring (bicyclic) bond motifs is 1. The number of esters is 1. The minimum atomic E-state index is -1.27. The highest BCUT2D eigenvalue weighted by atomic mass is 32.2. The quantitative estimate of drug-likeness (QED) is 0.493. The van der Waals surface area contributed by atoms with Crippen molar-refractivity contribution in [2.75, 3.05) is 5.75 Å². The van der Waals surface area contributed by atoms with Gasteiger partial charge < -0.3 is 9.15 Å². The third-order valence-corrected chi connectivity index (χ3v) is 5.86. The lowest BCUT2D eigenvalue weighted by molar-refractivity contribution is 0.0469. The van der Waals surface area contributed by atoms with Crippen LogP contribution in [0.5, 0.6) is 0 Å². The van der Waals surface area contributed by atoms with Crippen molar-refractivity contribution in [2.24, 2.45) is 0 Å². The molecule has 2 aromatic carbocycles. The van der Waals surface area contributed by atoms with Gasteiger partial charge >= 0.3 is 11.6 Å². The van der Waals surface area contributed by atoms with Gasteiger partial charge in [-0.05, 0) is 37.1 Å². The highest BCUT2D eigenvalue weighted by molar-refractivity contribution is 7.85. The normalized spacial score (nSPS) is 12.1. The third kappa shape index (κ3) is 3.85. The molecule has 140 valence electrons. The molecule has 0 N–H and O–H groups in total. The minimum absolute atomic E-state index is 0.0729. The molecular formula is C21H20O5S. The number of hydrogen-bond donors (Lipinski definition) is 0. The molecule has 0 saturated carbocycles. The molecule has 0 unspecified atom stereocenters. The number of carbonyl (C=O) groups excluding carboxylic acids is 1. The Hall–Kier alpha value is -2.73. The average molecular weight is 384 g/mol. The van der Waals surface area contributed by atoms with Crippen LogP contribution in [0.25, 0.3) is 11.0 Å². The molecule has 0 bridgehead atoms. The van der Waals surface area contributed by atoms with Crippen molar-refractivity contribution >= 4 is 27.7 Å². The van der Waals surface area contributed by atoms with E-state index in [0.717, 1.165) is 16.5 Å². The second kappa shape index (κ2) is 7.88. The molecule has 0 aliphatic heterocycles. The van der Waals surface area contributed by atoms with E-state index in [4.69, 9.17) is 9.15 Å². The Morgan fingerprint density at radius 3 is 2.63 bits per heavy atom. The van der Waals surface area contributed by atoms with Gasteiger partial charge in [-0.15, -0.1) is 0 Å². The van der Waals surface area contributed by atoms with Crippen LogP contribution in [0.1, 0.15) is 34.0 Å². The van der Waals surface area contributed by atoms with E-state index in [0.29, 0.717) is 21.8 Å². The number of benzene rings is 2. The van der Waals surface area contributed by atoms with Crippen LogP contribution in [0.2, 0.25) is 0 Å². The van der Waals surface area contributed by atoms with Gasteiger partial charge in [0.1, 0.15) is 12.2 Å². The van der Waals surface area contributed by atoms with E-state index >= 15 is 0 Å². The fraction of sp³-hybridized carbons (Fsp3) is 0.238. The summed E-state index contributed by atoms with van der Waals surface area (Å²) in [6.45, 7) is 5.54. The van der Waals surface area contributed by atoms with Gasteiger partial charge in [0.15, 0.2) is 0 Å². The molecule has 1 aromatic heterocycles. The van der Waals surface area contributed by atoms with Crippen molar-refractivity contribution in [3.63, 3.8) is 0 Å². The van der Waals surface area contributed by atoms with Crippen LogP contribution in [0.15, 0.2) is 56.6 Å². The summed E-state index contributed by atoms with van der Waals surface area (Å²) in [5.74, 6) is -0.162. The molecule has 0 aliphatic carbocycles. The van der Waals surface area contributed by atoms with E-state index in [2.05, 4.69) is 0 Å². The lowest BCUT2D eigenvalue weighted by atomic mass is 10.0. The van der Waals surface area contributed by atoms with Crippen LogP contribution in [0.4, 0.5) is 0 Å². The molecule has 0 saturated heterocycles. The van der Waals surface area contributed by atoms with E-state index in [1.165, 1.54) is 6.07 Å². The van der Waals surface area contributed by atoms with Gasteiger partial charge in [0.05, 0.1) is 21.3 Å². The molecule has 27 heavy (non-hydrogen) atoms. The van der Waals surface area contributed by atoms with Gasteiger partial charge in [0.25, 0.3) is 0 Å². The van der Waals surface area contributed by atoms with Crippen molar-refractivity contribution in [2.45, 2.75) is 32.3 Å². The smallest absolute Gasteiger partial charge is 0.339 e. The second-order valence-corrected chi connectivity index (χ2v) is 7.89. The van der Waals surface area contributed by atoms with Crippen LogP contribution in [-0.2, 0) is 22.1 Å². The van der Waals surface area contributed by atoms with E-state index in [1.807, 2.05) is 26.0 Å². The minimum Gasteiger partial charge on any atom is -0.457 e. The Labute approximate surface area is 159 Å². The zero-order valence-corrected chi connectivity index (χ0v) is 16.2. The largest absolute Gasteiger partial charge is 0.457 e. The molecule has 1 atom stereocenters. The van der Waals surface area contributed by atoms with Crippen LogP contribution in [0.3, 0.4) is 0 Å². The van der Waals surface area contributed by atoms with Gasteiger partial charge in [0.2, 0.25) is 0 Å². The van der Waals surface area contributed by atoms with Crippen LogP contribution >= 0.6 is 0 Å². The molecular weight excluding hydrogens is 364 g/mol. The predicted molar refractivity (Wildman–Crippen MR) is 104 cm³/mol. The molecule has 0 aliphatic rings. The van der Waals surface area contributed by atoms with Gasteiger partial charge in [-0.25, -0.2) is 9.59 Å². The standard InChI is InChI=1S/C21H20O5S/c1-4-27(24)18-8-6-5-7-17(18)21(23)25-12-15-11-19(22)26-20-14(3)13(2)9-10-16(15)20/h5-11H,4,12H2,1-3H3/t27-/m0/s1. The number of carbonyl (C=O) groups is 1. The lowest BCUT2D eigenvalue weighted by Gasteiger charge is -2.11. The Kier molecular flexibility index (Phi) is 5.56. The van der Waals surface area contributed by atoms with E-state index in [1.54, 1.807) is 31.2 Å². The highest BCUT2D eigenvalue weighted by Gasteiger charge is 2.17. The Morgan fingerprint density at radius 1 is 1.15 bits per heavy atom. The maximum absolute atomic E-state index is 12.5. The first-order chi connectivity index (χ1) is 12.9. The number of aryl methyl sites for hydroxylation is 2. The molecule has 5 nitrogen and oxygen atoms in total. The second-order valence-electron chi connectivity index (χ2n) is 6.18. The van der Waals surface area contributed by atoms with Gasteiger partial charge in [-0.2, -0.15) is 0 Å². The first-order valence-corrected chi connectivity index (χ1v) is 9.91. The summed E-state index contributed by atoms with van der Waals surface area (Å²) in [5, 5.41) is 0.732. The maximum Gasteiger partial charge on any atom is 0.339 e. The third-order valence-electron chi connectivity index (χ3n) is 4.49. The zero-order chi connectivity index (χ0) is 19.6. The summed E-state index contributed by atoms with van der Waals surface area (Å²) in [6.07, 6.45) is 0. The number of rotatable bonds is 5. The molecule has 0 spiro atoms. The van der Waals surface area contributed by atoms with Gasteiger partial charge in [-0.1, -0.05) is 31.2 Å². The van der Waals surface area contributed by atoms with Crippen molar-refractivity contribution in [3.8, 4) is 0 Å². The van der Waals surface area contributed by atoms with Crippen LogP contribution in [-0.4, -0.2) is 15.9 Å². The molecule has 0 amide bonds. The van der Waals surface area contributed by atoms with Gasteiger partial charge in [0, 0.05) is 22.8 Å². The first-order valence-electron chi connectivity index (χ1n) is 8.59. The summed E-state index contributed by atoms with van der Waals surface area (Å²) in [5.41, 5.74) is 2.75.